The number of carbonyl (C=O) groups is 1. The summed E-state index contributed by atoms with van der Waals surface area (Å²) in [6.07, 6.45) is 3.70. The van der Waals surface area contributed by atoms with Crippen molar-refractivity contribution in [3.8, 4) is 0 Å². The largest absolute Gasteiger partial charge is 0.346 e. The molecule has 1 atom stereocenters. The summed E-state index contributed by atoms with van der Waals surface area (Å²) < 4.78 is 31.6. The second-order valence-electron chi connectivity index (χ2n) is 7.74. The van der Waals surface area contributed by atoms with Crippen LogP contribution in [0.25, 0.3) is 0 Å². The fraction of sp³-hybridized carbons (Fsp3) is 0.550. The molecule has 1 aromatic heterocycles. The minimum atomic E-state index is -3.23. The zero-order valence-electron chi connectivity index (χ0n) is 15.9. The first-order chi connectivity index (χ1) is 13.4. The van der Waals surface area contributed by atoms with Gasteiger partial charge in [-0.2, -0.15) is 13.9 Å². The van der Waals surface area contributed by atoms with Gasteiger partial charge in [0.25, 0.3) is 5.92 Å². The number of alkyl halides is 2. The van der Waals surface area contributed by atoms with Crippen molar-refractivity contribution in [2.75, 3.05) is 13.1 Å². The van der Waals surface area contributed by atoms with Crippen molar-refractivity contribution in [1.29, 1.82) is 0 Å². The number of fused-ring (bicyclic) bond motifs is 1. The first-order valence-electron chi connectivity index (χ1n) is 9.79. The van der Waals surface area contributed by atoms with Gasteiger partial charge in [0.05, 0.1) is 0 Å². The number of amides is 1. The first-order valence-corrected chi connectivity index (χ1v) is 9.79. The standard InChI is InChI=1S/C20H24F2N4O2/c1-14-7-9-15(10-8-14)20(21,22)13-25-19(28)26-16(5-4-6-17(26)23-25)18(27)24-11-2-3-12-24/h7-10,16H,2-6,11-13H2,1H3. The maximum Gasteiger partial charge on any atom is 0.346 e. The molecular formula is C20H24F2N4O2. The highest BCUT2D eigenvalue weighted by Gasteiger charge is 2.37. The van der Waals surface area contributed by atoms with E-state index in [-0.39, 0.29) is 11.5 Å². The molecule has 2 aliphatic heterocycles. The molecule has 0 spiro atoms. The van der Waals surface area contributed by atoms with Gasteiger partial charge in [0.2, 0.25) is 5.91 Å². The van der Waals surface area contributed by atoms with Crippen LogP contribution in [0.3, 0.4) is 0 Å². The predicted octanol–water partition coefficient (Wildman–Crippen LogP) is 2.65. The highest BCUT2D eigenvalue weighted by molar-refractivity contribution is 5.80. The summed E-state index contributed by atoms with van der Waals surface area (Å²) in [5.41, 5.74) is 0.108. The molecule has 1 saturated heterocycles. The Hall–Kier alpha value is -2.51. The maximum atomic E-state index is 14.7. The smallest absolute Gasteiger partial charge is 0.341 e. The lowest BCUT2D eigenvalue weighted by atomic mass is 10.0. The number of hydrogen-bond acceptors (Lipinski definition) is 3. The summed E-state index contributed by atoms with van der Waals surface area (Å²) >= 11 is 0. The summed E-state index contributed by atoms with van der Waals surface area (Å²) in [6, 6.07) is 5.35. The molecule has 3 heterocycles. The molecule has 8 heteroatoms. The van der Waals surface area contributed by atoms with E-state index in [9.17, 15) is 18.4 Å². The Kier molecular flexibility index (Phi) is 4.81. The Bertz CT molecular complexity index is 927. The molecule has 1 fully saturated rings. The van der Waals surface area contributed by atoms with E-state index in [1.807, 2.05) is 6.92 Å². The molecule has 2 aromatic rings. The summed E-state index contributed by atoms with van der Waals surface area (Å²) in [7, 11) is 0. The molecule has 1 aromatic carbocycles. The second-order valence-corrected chi connectivity index (χ2v) is 7.74. The summed E-state index contributed by atoms with van der Waals surface area (Å²) in [5.74, 6) is -2.89. The van der Waals surface area contributed by atoms with E-state index in [2.05, 4.69) is 5.10 Å². The van der Waals surface area contributed by atoms with Gasteiger partial charge in [-0.3, -0.25) is 9.36 Å². The third-order valence-electron chi connectivity index (χ3n) is 5.66. The molecule has 28 heavy (non-hydrogen) atoms. The van der Waals surface area contributed by atoms with Crippen LogP contribution in [-0.2, 0) is 23.7 Å². The third kappa shape index (κ3) is 3.36. The van der Waals surface area contributed by atoms with Crippen LogP contribution in [0.1, 0.15) is 48.7 Å². The molecular weight excluding hydrogens is 366 g/mol. The molecule has 2 aliphatic rings. The van der Waals surface area contributed by atoms with Crippen LogP contribution in [0, 0.1) is 6.92 Å². The molecule has 0 bridgehead atoms. The molecule has 4 rings (SSSR count). The van der Waals surface area contributed by atoms with E-state index >= 15 is 0 Å². The molecule has 0 saturated carbocycles. The minimum absolute atomic E-state index is 0.0922. The zero-order chi connectivity index (χ0) is 19.9. The topological polar surface area (TPSA) is 60.1 Å². The van der Waals surface area contributed by atoms with Gasteiger partial charge >= 0.3 is 5.69 Å². The lowest BCUT2D eigenvalue weighted by Crippen LogP contribution is -2.42. The average molecular weight is 390 g/mol. The van der Waals surface area contributed by atoms with Gasteiger partial charge in [0.1, 0.15) is 18.4 Å². The van der Waals surface area contributed by atoms with E-state index < -0.39 is 24.2 Å². The number of nitrogens with zero attached hydrogens (tertiary/aromatic N) is 4. The highest BCUT2D eigenvalue weighted by Crippen LogP contribution is 2.30. The Morgan fingerprint density at radius 1 is 1.18 bits per heavy atom. The number of hydrogen-bond donors (Lipinski definition) is 0. The van der Waals surface area contributed by atoms with Crippen molar-refractivity contribution in [2.24, 2.45) is 0 Å². The van der Waals surface area contributed by atoms with E-state index in [0.29, 0.717) is 31.8 Å². The number of likely N-dealkylation sites (tertiary alicyclic amines) is 1. The molecule has 6 nitrogen and oxygen atoms in total. The number of carbonyl (C=O) groups excluding carboxylic acids is 1. The van der Waals surface area contributed by atoms with Crippen LogP contribution >= 0.6 is 0 Å². The van der Waals surface area contributed by atoms with Crippen LogP contribution in [0.4, 0.5) is 8.78 Å². The second kappa shape index (κ2) is 7.14. The van der Waals surface area contributed by atoms with Gasteiger partial charge in [0.15, 0.2) is 0 Å². The van der Waals surface area contributed by atoms with Crippen molar-refractivity contribution in [3.63, 3.8) is 0 Å². The van der Waals surface area contributed by atoms with Crippen LogP contribution in [-0.4, -0.2) is 38.2 Å². The lowest BCUT2D eigenvalue weighted by molar-refractivity contribution is -0.134. The van der Waals surface area contributed by atoms with Crippen molar-refractivity contribution >= 4 is 5.91 Å². The number of halogens is 2. The lowest BCUT2D eigenvalue weighted by Gasteiger charge is -2.27. The number of benzene rings is 1. The predicted molar refractivity (Wildman–Crippen MR) is 99.3 cm³/mol. The van der Waals surface area contributed by atoms with Crippen molar-refractivity contribution in [3.05, 3.63) is 51.7 Å². The fourth-order valence-electron chi connectivity index (χ4n) is 4.09. The first kappa shape index (κ1) is 18.8. The number of aryl methyl sites for hydroxylation is 2. The summed E-state index contributed by atoms with van der Waals surface area (Å²) in [6.45, 7) is 2.38. The van der Waals surface area contributed by atoms with Crippen LogP contribution < -0.4 is 5.69 Å². The van der Waals surface area contributed by atoms with Crippen molar-refractivity contribution < 1.29 is 13.6 Å². The monoisotopic (exact) mass is 390 g/mol. The molecule has 1 unspecified atom stereocenters. The Morgan fingerprint density at radius 3 is 2.54 bits per heavy atom. The Balaban J connectivity index is 1.63. The normalized spacial score (nSPS) is 19.7. The molecule has 0 N–H and O–H groups in total. The maximum absolute atomic E-state index is 14.7. The van der Waals surface area contributed by atoms with Gasteiger partial charge in [-0.1, -0.05) is 29.8 Å². The van der Waals surface area contributed by atoms with E-state index in [1.54, 1.807) is 17.0 Å². The molecule has 150 valence electrons. The van der Waals surface area contributed by atoms with Gasteiger partial charge in [-0.15, -0.1) is 0 Å². The quantitative estimate of drug-likeness (QED) is 0.806. The highest BCUT2D eigenvalue weighted by atomic mass is 19.3. The number of aromatic nitrogens is 3. The third-order valence-corrected chi connectivity index (χ3v) is 5.66. The van der Waals surface area contributed by atoms with Gasteiger partial charge in [-0.05, 0) is 32.6 Å². The number of rotatable bonds is 4. The SMILES string of the molecule is Cc1ccc(C(F)(F)Cn2nc3n(c2=O)C(C(=O)N2CCCC2)CCC3)cc1. The van der Waals surface area contributed by atoms with Crippen LogP contribution in [0.15, 0.2) is 29.1 Å². The van der Waals surface area contributed by atoms with E-state index in [4.69, 9.17) is 0 Å². The molecule has 1 amide bonds. The average Bonchev–Trinajstić information content (AvgIpc) is 3.30. The van der Waals surface area contributed by atoms with Crippen LogP contribution in [0.5, 0.6) is 0 Å². The Morgan fingerprint density at radius 2 is 1.86 bits per heavy atom. The van der Waals surface area contributed by atoms with Gasteiger partial charge < -0.3 is 4.90 Å². The summed E-state index contributed by atoms with van der Waals surface area (Å²) in [5, 5.41) is 4.15. The summed E-state index contributed by atoms with van der Waals surface area (Å²) in [4.78, 5) is 27.5. The minimum Gasteiger partial charge on any atom is -0.341 e. The van der Waals surface area contributed by atoms with Crippen molar-refractivity contribution in [2.45, 2.75) is 57.5 Å². The Labute approximate surface area is 161 Å². The van der Waals surface area contributed by atoms with E-state index in [0.717, 1.165) is 29.5 Å². The fourth-order valence-corrected chi connectivity index (χ4v) is 4.09. The van der Waals surface area contributed by atoms with Gasteiger partial charge in [-0.25, -0.2) is 9.48 Å². The van der Waals surface area contributed by atoms with E-state index in [1.165, 1.54) is 16.7 Å². The van der Waals surface area contributed by atoms with Crippen LogP contribution in [0.2, 0.25) is 0 Å². The van der Waals surface area contributed by atoms with Crippen molar-refractivity contribution in [1.82, 2.24) is 19.2 Å². The zero-order valence-corrected chi connectivity index (χ0v) is 15.9. The van der Waals surface area contributed by atoms with Gasteiger partial charge in [0, 0.05) is 25.1 Å². The molecule has 0 radical (unpaired) electrons. The molecule has 0 aliphatic carbocycles.